The van der Waals surface area contributed by atoms with Crippen molar-refractivity contribution < 1.29 is 38.3 Å². The number of aliphatic hydroxyl groups excluding tert-OH is 1. The maximum absolute atomic E-state index is 13.4. The molecule has 5 aromatic rings. The maximum atomic E-state index is 13.4. The van der Waals surface area contributed by atoms with Crippen LogP contribution in [0.1, 0.15) is 40.3 Å². The Hall–Kier alpha value is -4.38. The molecule has 0 spiro atoms. The Bertz CT molecular complexity index is 1880. The molecule has 1 fully saturated rings. The molecule has 0 unspecified atom stereocenters. The van der Waals surface area contributed by atoms with Crippen LogP contribution in [0.15, 0.2) is 133 Å². The predicted molar refractivity (Wildman–Crippen MR) is 203 cm³/mol. The Morgan fingerprint density at radius 1 is 0.717 bits per heavy atom. The first-order chi connectivity index (χ1) is 25.9. The molecule has 1 aliphatic heterocycles. The number of carbonyl (C=O) groups is 1. The van der Waals surface area contributed by atoms with Crippen LogP contribution < -0.4 is 4.74 Å². The molecule has 9 heteroatoms. The molecule has 8 nitrogen and oxygen atoms in total. The summed E-state index contributed by atoms with van der Waals surface area (Å²) in [5.74, 6) is -0.992. The summed E-state index contributed by atoms with van der Waals surface area (Å²) in [4.78, 5) is 13.4. The van der Waals surface area contributed by atoms with Crippen molar-refractivity contribution in [3.8, 4) is 5.75 Å². The summed E-state index contributed by atoms with van der Waals surface area (Å²) < 4.78 is 39.0. The predicted octanol–water partition coefficient (Wildman–Crippen LogP) is 7.85. The summed E-state index contributed by atoms with van der Waals surface area (Å²) in [6, 6.07) is 42.3. The van der Waals surface area contributed by atoms with Crippen molar-refractivity contribution in [1.29, 1.82) is 0 Å². The smallest absolute Gasteiger partial charge is 0.225 e. The number of hydrogen-bond donors (Lipinski definition) is 1. The van der Waals surface area contributed by atoms with Gasteiger partial charge in [-0.05, 0) is 65.4 Å². The Morgan fingerprint density at radius 2 is 1.26 bits per heavy atom. The Kier molecular flexibility index (Phi) is 13.1. The van der Waals surface area contributed by atoms with E-state index in [1.165, 1.54) is 7.11 Å². The Labute approximate surface area is 316 Å². The second-order valence-corrected chi connectivity index (χ2v) is 13.4. The standard InChI is InChI=1S/C44H45ClO8/c1-3-49-38-22-19-32(20-23-38)25-36-26-37(21-24-39(36)45)44(48-2)42(52-29-35-17-11-6-12-18-35)40(50-27-33-13-7-4-8-14-33)41(43(30-46,31-47)53-44)51-28-34-15-9-5-10-16-34/h4-24,26,30,40-42,47H,3,25,27-29,31H2,1-2H3/t40-,41-,42+,43-,44-/m0/s1. The lowest BCUT2D eigenvalue weighted by molar-refractivity contribution is -0.401. The highest BCUT2D eigenvalue weighted by atomic mass is 35.5. The highest BCUT2D eigenvalue weighted by molar-refractivity contribution is 6.31. The average Bonchev–Trinajstić information content (AvgIpc) is 3.21. The van der Waals surface area contributed by atoms with Gasteiger partial charge in [0, 0.05) is 17.7 Å². The van der Waals surface area contributed by atoms with Gasteiger partial charge in [-0.15, -0.1) is 0 Å². The molecule has 1 N–H and O–H groups in total. The Balaban J connectivity index is 1.46. The largest absolute Gasteiger partial charge is 0.494 e. The molecule has 0 amide bonds. The molecule has 5 aromatic carbocycles. The van der Waals surface area contributed by atoms with Crippen molar-refractivity contribution in [2.45, 2.75) is 62.9 Å². The van der Waals surface area contributed by atoms with E-state index >= 15 is 0 Å². The van der Waals surface area contributed by atoms with Crippen molar-refractivity contribution in [2.75, 3.05) is 20.3 Å². The molecule has 0 radical (unpaired) electrons. The summed E-state index contributed by atoms with van der Waals surface area (Å²) in [6.45, 7) is 2.24. The molecule has 1 aliphatic rings. The van der Waals surface area contributed by atoms with Crippen LogP contribution in [0, 0.1) is 0 Å². The molecule has 0 bridgehead atoms. The molecule has 0 aromatic heterocycles. The van der Waals surface area contributed by atoms with E-state index < -0.39 is 36.3 Å². The summed E-state index contributed by atoms with van der Waals surface area (Å²) in [6.07, 6.45) is -2.05. The van der Waals surface area contributed by atoms with E-state index in [1.807, 2.05) is 128 Å². The average molecular weight is 737 g/mol. The summed E-state index contributed by atoms with van der Waals surface area (Å²) >= 11 is 6.83. The van der Waals surface area contributed by atoms with Gasteiger partial charge in [-0.3, -0.25) is 4.79 Å². The minimum atomic E-state index is -1.92. The molecule has 0 saturated carbocycles. The maximum Gasteiger partial charge on any atom is 0.225 e. The highest BCUT2D eigenvalue weighted by Crippen LogP contribution is 2.47. The van der Waals surface area contributed by atoms with Gasteiger partial charge in [0.1, 0.15) is 24.1 Å². The lowest BCUT2D eigenvalue weighted by Gasteiger charge is -2.55. The van der Waals surface area contributed by atoms with E-state index in [9.17, 15) is 9.90 Å². The van der Waals surface area contributed by atoms with Crippen LogP contribution in [-0.2, 0) is 60.5 Å². The first kappa shape index (κ1) is 38.3. The lowest BCUT2D eigenvalue weighted by Crippen LogP contribution is -2.72. The number of halogens is 1. The van der Waals surface area contributed by atoms with Crippen LogP contribution in [0.5, 0.6) is 5.75 Å². The summed E-state index contributed by atoms with van der Waals surface area (Å²) in [5.41, 5.74) is 3.08. The number of rotatable bonds is 17. The van der Waals surface area contributed by atoms with Gasteiger partial charge >= 0.3 is 0 Å². The van der Waals surface area contributed by atoms with E-state index in [2.05, 4.69) is 0 Å². The molecule has 0 aliphatic carbocycles. The number of ether oxygens (including phenoxy) is 6. The van der Waals surface area contributed by atoms with Crippen molar-refractivity contribution in [1.82, 2.24) is 0 Å². The van der Waals surface area contributed by atoms with Gasteiger partial charge in [-0.25, -0.2) is 0 Å². The number of methoxy groups -OCH3 is 1. The normalized spacial score (nSPS) is 22.7. The van der Waals surface area contributed by atoms with Crippen molar-refractivity contribution in [3.63, 3.8) is 0 Å². The molecule has 53 heavy (non-hydrogen) atoms. The second-order valence-electron chi connectivity index (χ2n) is 13.0. The van der Waals surface area contributed by atoms with Crippen LogP contribution in [-0.4, -0.2) is 55.6 Å². The first-order valence-corrected chi connectivity index (χ1v) is 18.1. The van der Waals surface area contributed by atoms with Crippen molar-refractivity contribution in [2.24, 2.45) is 0 Å². The van der Waals surface area contributed by atoms with E-state index in [4.69, 9.17) is 40.0 Å². The molecule has 5 atom stereocenters. The third-order valence-corrected chi connectivity index (χ3v) is 9.82. The monoisotopic (exact) mass is 736 g/mol. The first-order valence-electron chi connectivity index (χ1n) is 17.7. The van der Waals surface area contributed by atoms with Crippen LogP contribution >= 0.6 is 11.6 Å². The minimum absolute atomic E-state index is 0.119. The molecular weight excluding hydrogens is 692 g/mol. The fourth-order valence-corrected chi connectivity index (χ4v) is 6.90. The van der Waals surface area contributed by atoms with E-state index in [0.717, 1.165) is 33.6 Å². The SMILES string of the molecule is CCOc1ccc(Cc2cc([C@]3(OC)O[C@@](C=O)(CO)[C@@H](OCc4ccccc4)[C@H](OCc4ccccc4)[C@H]3OCc3ccccc3)ccc2Cl)cc1. The zero-order valence-electron chi connectivity index (χ0n) is 29.9. The second kappa shape index (κ2) is 18.1. The molecular formula is C44H45ClO8. The van der Waals surface area contributed by atoms with Crippen molar-refractivity contribution in [3.05, 3.63) is 172 Å². The van der Waals surface area contributed by atoms with Gasteiger partial charge in [0.05, 0.1) is 33.0 Å². The number of carbonyl (C=O) groups excluding carboxylic acids is 1. The van der Waals surface area contributed by atoms with Gasteiger partial charge in [-0.1, -0.05) is 121 Å². The zero-order chi connectivity index (χ0) is 37.1. The third kappa shape index (κ3) is 8.88. The lowest BCUT2D eigenvalue weighted by atomic mass is 9.80. The third-order valence-electron chi connectivity index (χ3n) is 9.45. The van der Waals surface area contributed by atoms with Crippen LogP contribution in [0.3, 0.4) is 0 Å². The van der Waals surface area contributed by atoms with Crippen LogP contribution in [0.25, 0.3) is 0 Å². The van der Waals surface area contributed by atoms with Crippen LogP contribution in [0.4, 0.5) is 0 Å². The molecule has 276 valence electrons. The Morgan fingerprint density at radius 3 is 1.77 bits per heavy atom. The van der Waals surface area contributed by atoms with Gasteiger partial charge in [0.25, 0.3) is 0 Å². The minimum Gasteiger partial charge on any atom is -0.494 e. The quantitative estimate of drug-likeness (QED) is 0.0966. The molecule has 1 heterocycles. The number of aldehydes is 1. The zero-order valence-corrected chi connectivity index (χ0v) is 30.7. The van der Waals surface area contributed by atoms with E-state index in [1.54, 1.807) is 12.1 Å². The molecule has 6 rings (SSSR count). The highest BCUT2D eigenvalue weighted by Gasteiger charge is 2.64. The fraction of sp³-hybridized carbons (Fsp3) is 0.295. The number of benzene rings is 5. The summed E-state index contributed by atoms with van der Waals surface area (Å²) in [7, 11) is 1.49. The summed E-state index contributed by atoms with van der Waals surface area (Å²) in [5, 5.41) is 11.7. The topological polar surface area (TPSA) is 92.7 Å². The number of hydrogen-bond acceptors (Lipinski definition) is 8. The van der Waals surface area contributed by atoms with Crippen molar-refractivity contribution >= 4 is 17.9 Å². The van der Waals surface area contributed by atoms with Gasteiger partial charge in [-0.2, -0.15) is 0 Å². The van der Waals surface area contributed by atoms with E-state index in [0.29, 0.717) is 29.9 Å². The fourth-order valence-electron chi connectivity index (χ4n) is 6.72. The van der Waals surface area contributed by atoms with Gasteiger partial charge < -0.3 is 33.5 Å². The van der Waals surface area contributed by atoms with Crippen LogP contribution in [0.2, 0.25) is 5.02 Å². The van der Waals surface area contributed by atoms with Gasteiger partial charge in [0.2, 0.25) is 5.79 Å². The molecule has 1 saturated heterocycles. The number of aliphatic hydroxyl groups is 1. The van der Waals surface area contributed by atoms with Gasteiger partial charge in [0.15, 0.2) is 11.9 Å². The van der Waals surface area contributed by atoms with E-state index in [-0.39, 0.29) is 19.8 Å².